The highest BCUT2D eigenvalue weighted by Gasteiger charge is 2.03. The van der Waals surface area contributed by atoms with E-state index in [2.05, 4.69) is 11.9 Å². The number of nitrogens with two attached hydrogens (primary N) is 1. The van der Waals surface area contributed by atoms with Crippen LogP contribution in [-0.4, -0.2) is 4.98 Å². The monoisotopic (exact) mass is 253 g/mol. The van der Waals surface area contributed by atoms with Gasteiger partial charge in [-0.15, -0.1) is 0 Å². The second kappa shape index (κ2) is 5.87. The first-order valence-corrected chi connectivity index (χ1v) is 6.09. The van der Waals surface area contributed by atoms with Gasteiger partial charge < -0.3 is 10.5 Å². The van der Waals surface area contributed by atoms with E-state index in [0.717, 1.165) is 12.0 Å². The number of aromatic nitrogens is 1. The summed E-state index contributed by atoms with van der Waals surface area (Å²) in [7, 11) is 0. The molecular weight excluding hydrogens is 238 g/mol. The van der Waals surface area contributed by atoms with Crippen LogP contribution in [0.1, 0.15) is 23.7 Å². The number of nitrogens with zero attached hydrogens (tertiary/aromatic N) is 2. The molecule has 0 unspecified atom stereocenters. The molecule has 1 aromatic carbocycles. The Morgan fingerprint density at radius 2 is 2.11 bits per heavy atom. The Hall–Kier alpha value is -2.54. The van der Waals surface area contributed by atoms with Crippen molar-refractivity contribution in [2.45, 2.75) is 20.0 Å². The summed E-state index contributed by atoms with van der Waals surface area (Å²) in [5.74, 6) is 0.660. The average molecular weight is 253 g/mol. The van der Waals surface area contributed by atoms with Crippen molar-refractivity contribution in [1.82, 2.24) is 4.98 Å². The second-order valence-corrected chi connectivity index (χ2v) is 4.18. The van der Waals surface area contributed by atoms with Crippen LogP contribution in [-0.2, 0) is 13.0 Å². The van der Waals surface area contributed by atoms with Gasteiger partial charge in [0.25, 0.3) is 0 Å². The molecule has 0 bridgehead atoms. The fourth-order valence-corrected chi connectivity index (χ4v) is 1.74. The summed E-state index contributed by atoms with van der Waals surface area (Å²) in [5, 5.41) is 8.78. The van der Waals surface area contributed by atoms with E-state index in [-0.39, 0.29) is 0 Å². The van der Waals surface area contributed by atoms with E-state index >= 15 is 0 Å². The van der Waals surface area contributed by atoms with Crippen LogP contribution in [0, 0.1) is 11.3 Å². The molecule has 0 aliphatic rings. The molecule has 0 amide bonds. The van der Waals surface area contributed by atoms with Gasteiger partial charge in [0.05, 0.1) is 5.69 Å². The van der Waals surface area contributed by atoms with Gasteiger partial charge in [-0.3, -0.25) is 0 Å². The van der Waals surface area contributed by atoms with E-state index in [4.69, 9.17) is 15.7 Å². The van der Waals surface area contributed by atoms with E-state index < -0.39 is 0 Å². The number of anilines is 1. The third-order valence-electron chi connectivity index (χ3n) is 2.82. The number of rotatable bonds is 4. The first-order chi connectivity index (χ1) is 9.22. The van der Waals surface area contributed by atoms with Gasteiger partial charge in [-0.25, -0.2) is 4.98 Å². The number of nitrogen functional groups attached to an aromatic ring is 1. The van der Waals surface area contributed by atoms with Gasteiger partial charge in [0.15, 0.2) is 0 Å². The molecule has 0 aliphatic heterocycles. The number of ether oxygens (including phenoxy) is 1. The highest BCUT2D eigenvalue weighted by Crippen LogP contribution is 2.23. The molecule has 0 spiro atoms. The van der Waals surface area contributed by atoms with Crippen molar-refractivity contribution in [3.8, 4) is 11.8 Å². The lowest BCUT2D eigenvalue weighted by Gasteiger charge is -2.10. The van der Waals surface area contributed by atoms with Crippen LogP contribution in [0.3, 0.4) is 0 Å². The van der Waals surface area contributed by atoms with Gasteiger partial charge in [0, 0.05) is 6.20 Å². The highest BCUT2D eigenvalue weighted by atomic mass is 16.5. The van der Waals surface area contributed by atoms with Crippen molar-refractivity contribution in [3.63, 3.8) is 0 Å². The number of nitriles is 1. The molecular formula is C15H15N3O. The quantitative estimate of drug-likeness (QED) is 0.850. The van der Waals surface area contributed by atoms with Crippen LogP contribution in [0.15, 0.2) is 36.5 Å². The fourth-order valence-electron chi connectivity index (χ4n) is 1.74. The predicted molar refractivity (Wildman–Crippen MR) is 73.5 cm³/mol. The van der Waals surface area contributed by atoms with Crippen LogP contribution in [0.25, 0.3) is 0 Å². The molecule has 0 aliphatic carbocycles. The van der Waals surface area contributed by atoms with Crippen LogP contribution in [0.5, 0.6) is 5.75 Å². The molecule has 96 valence electrons. The summed E-state index contributed by atoms with van der Waals surface area (Å²) in [6.45, 7) is 2.45. The fraction of sp³-hybridized carbons (Fsp3) is 0.200. The average Bonchev–Trinajstić information content (AvgIpc) is 2.46. The number of aryl methyl sites for hydroxylation is 1. The molecule has 0 fully saturated rings. The Bertz CT molecular complexity index is 617. The number of benzene rings is 1. The lowest BCUT2D eigenvalue weighted by Crippen LogP contribution is -2.00. The number of hydrogen-bond donors (Lipinski definition) is 1. The number of hydrogen-bond acceptors (Lipinski definition) is 4. The molecule has 0 radical (unpaired) electrons. The first kappa shape index (κ1) is 12.9. The molecule has 0 atom stereocenters. The van der Waals surface area contributed by atoms with E-state index in [1.54, 1.807) is 12.3 Å². The zero-order valence-electron chi connectivity index (χ0n) is 10.8. The first-order valence-electron chi connectivity index (χ1n) is 6.09. The molecule has 2 N–H and O–H groups in total. The normalized spacial score (nSPS) is 9.89. The van der Waals surface area contributed by atoms with Crippen molar-refractivity contribution in [2.75, 3.05) is 5.73 Å². The van der Waals surface area contributed by atoms with Crippen LogP contribution in [0.4, 0.5) is 5.69 Å². The topological polar surface area (TPSA) is 71.9 Å². The summed E-state index contributed by atoms with van der Waals surface area (Å²) in [4.78, 5) is 3.91. The van der Waals surface area contributed by atoms with Crippen LogP contribution in [0.2, 0.25) is 0 Å². The van der Waals surface area contributed by atoms with E-state index in [1.165, 1.54) is 5.56 Å². The molecule has 4 heteroatoms. The van der Waals surface area contributed by atoms with E-state index in [1.807, 2.05) is 30.3 Å². The van der Waals surface area contributed by atoms with Gasteiger partial charge in [0.1, 0.15) is 24.1 Å². The zero-order chi connectivity index (χ0) is 13.7. The Morgan fingerprint density at radius 3 is 2.79 bits per heavy atom. The zero-order valence-corrected chi connectivity index (χ0v) is 10.8. The summed E-state index contributed by atoms with van der Waals surface area (Å²) in [6, 6.07) is 11.3. The van der Waals surface area contributed by atoms with Gasteiger partial charge in [-0.1, -0.05) is 13.0 Å². The minimum absolute atomic E-state index is 0.368. The Balaban J connectivity index is 2.08. The van der Waals surface area contributed by atoms with Gasteiger partial charge >= 0.3 is 0 Å². The molecule has 0 saturated heterocycles. The molecule has 0 saturated carbocycles. The summed E-state index contributed by atoms with van der Waals surface area (Å²) >= 11 is 0. The Labute approximate surface area is 112 Å². The maximum atomic E-state index is 8.78. The minimum Gasteiger partial charge on any atom is -0.487 e. The maximum Gasteiger partial charge on any atom is 0.142 e. The predicted octanol–water partition coefficient (Wildman–Crippen LogP) is 2.68. The van der Waals surface area contributed by atoms with E-state index in [0.29, 0.717) is 23.7 Å². The SMILES string of the molecule is CCc1ccc(OCc2ccnc(C#N)c2)c(N)c1. The van der Waals surface area contributed by atoms with Crippen molar-refractivity contribution in [3.05, 3.63) is 53.3 Å². The third-order valence-corrected chi connectivity index (χ3v) is 2.82. The van der Waals surface area contributed by atoms with Crippen molar-refractivity contribution in [1.29, 1.82) is 5.26 Å². The molecule has 2 aromatic rings. The molecule has 1 heterocycles. The van der Waals surface area contributed by atoms with Crippen molar-refractivity contribution < 1.29 is 4.74 Å². The summed E-state index contributed by atoms with van der Waals surface area (Å²) < 4.78 is 5.66. The summed E-state index contributed by atoms with van der Waals surface area (Å²) in [5.41, 5.74) is 9.02. The van der Waals surface area contributed by atoms with Gasteiger partial charge in [-0.05, 0) is 41.8 Å². The third kappa shape index (κ3) is 3.23. The van der Waals surface area contributed by atoms with Crippen LogP contribution >= 0.6 is 0 Å². The standard InChI is InChI=1S/C15H15N3O/c1-2-11-3-4-15(14(17)8-11)19-10-12-5-6-18-13(7-12)9-16/h3-8H,2,10,17H2,1H3. The Morgan fingerprint density at radius 1 is 1.26 bits per heavy atom. The van der Waals surface area contributed by atoms with E-state index in [9.17, 15) is 0 Å². The lowest BCUT2D eigenvalue weighted by molar-refractivity contribution is 0.307. The smallest absolute Gasteiger partial charge is 0.142 e. The van der Waals surface area contributed by atoms with Crippen molar-refractivity contribution in [2.24, 2.45) is 0 Å². The second-order valence-electron chi connectivity index (χ2n) is 4.18. The maximum absolute atomic E-state index is 8.78. The van der Waals surface area contributed by atoms with Gasteiger partial charge in [0.2, 0.25) is 0 Å². The largest absolute Gasteiger partial charge is 0.487 e. The number of pyridine rings is 1. The van der Waals surface area contributed by atoms with Crippen molar-refractivity contribution >= 4 is 5.69 Å². The van der Waals surface area contributed by atoms with Gasteiger partial charge in [-0.2, -0.15) is 5.26 Å². The molecule has 19 heavy (non-hydrogen) atoms. The Kier molecular flexibility index (Phi) is 3.99. The highest BCUT2D eigenvalue weighted by molar-refractivity contribution is 5.54. The lowest BCUT2D eigenvalue weighted by atomic mass is 10.1. The summed E-state index contributed by atoms with van der Waals surface area (Å²) in [6.07, 6.45) is 2.54. The molecule has 1 aromatic heterocycles. The molecule has 2 rings (SSSR count). The molecule has 4 nitrogen and oxygen atoms in total. The van der Waals surface area contributed by atoms with Crippen LogP contribution < -0.4 is 10.5 Å². The minimum atomic E-state index is 0.368.